The van der Waals surface area contributed by atoms with Gasteiger partial charge in [0.25, 0.3) is 5.91 Å². The first-order valence-corrected chi connectivity index (χ1v) is 11.2. The SMILES string of the molecule is CSc1ccc(-c2c(C)noc2C(=O)NC23CC4CC(CC(C4)C2)C3)cc1. The van der Waals surface area contributed by atoms with Crippen LogP contribution in [0, 0.1) is 24.7 Å². The summed E-state index contributed by atoms with van der Waals surface area (Å²) < 4.78 is 5.51. The normalized spacial score (nSPS) is 31.3. The standard InChI is InChI=1S/C22H26N2O2S/c1-13-19(17-3-5-18(27-2)6-4-17)20(26-24-13)21(25)23-22-10-14-7-15(11-22)9-16(8-14)12-22/h3-6,14-16H,7-12H2,1-2H3,(H,23,25). The van der Waals surface area contributed by atoms with Crippen LogP contribution in [0.5, 0.6) is 0 Å². The molecule has 4 nitrogen and oxygen atoms in total. The van der Waals surface area contributed by atoms with Crippen LogP contribution in [-0.4, -0.2) is 22.9 Å². The lowest BCUT2D eigenvalue weighted by molar-refractivity contribution is -0.0172. The van der Waals surface area contributed by atoms with Gasteiger partial charge in [0.15, 0.2) is 0 Å². The number of aromatic nitrogens is 1. The van der Waals surface area contributed by atoms with E-state index in [4.69, 9.17) is 4.52 Å². The Kier molecular flexibility index (Phi) is 4.12. The van der Waals surface area contributed by atoms with Crippen LogP contribution in [0.3, 0.4) is 0 Å². The smallest absolute Gasteiger partial charge is 0.290 e. The van der Waals surface area contributed by atoms with Crippen molar-refractivity contribution in [3.05, 3.63) is 35.7 Å². The molecule has 4 bridgehead atoms. The van der Waals surface area contributed by atoms with Gasteiger partial charge in [0.05, 0.1) is 11.3 Å². The summed E-state index contributed by atoms with van der Waals surface area (Å²) in [6.07, 6.45) is 9.56. The van der Waals surface area contributed by atoms with Crippen molar-refractivity contribution < 1.29 is 9.32 Å². The van der Waals surface area contributed by atoms with E-state index in [1.165, 1.54) is 24.2 Å². The Morgan fingerprint density at radius 3 is 2.26 bits per heavy atom. The van der Waals surface area contributed by atoms with Crippen molar-refractivity contribution in [1.82, 2.24) is 10.5 Å². The Balaban J connectivity index is 1.43. The van der Waals surface area contributed by atoms with Crippen molar-refractivity contribution in [2.75, 3.05) is 6.26 Å². The zero-order valence-corrected chi connectivity index (χ0v) is 16.8. The summed E-state index contributed by atoms with van der Waals surface area (Å²) in [5.74, 6) is 2.66. The summed E-state index contributed by atoms with van der Waals surface area (Å²) >= 11 is 1.71. The lowest BCUT2D eigenvalue weighted by Crippen LogP contribution is -2.59. The number of rotatable bonds is 4. The molecule has 0 radical (unpaired) electrons. The maximum atomic E-state index is 13.2. The average molecular weight is 383 g/mol. The fourth-order valence-corrected chi connectivity index (χ4v) is 6.59. The third-order valence-corrected chi connectivity index (χ3v) is 7.61. The summed E-state index contributed by atoms with van der Waals surface area (Å²) in [6, 6.07) is 8.25. The highest BCUT2D eigenvalue weighted by Gasteiger charge is 2.51. The molecule has 4 aliphatic rings. The number of aryl methyl sites for hydroxylation is 1. The van der Waals surface area contributed by atoms with Gasteiger partial charge in [-0.1, -0.05) is 17.3 Å². The minimum atomic E-state index is -0.0958. The molecule has 1 aromatic carbocycles. The maximum Gasteiger partial charge on any atom is 0.290 e. The van der Waals surface area contributed by atoms with E-state index < -0.39 is 0 Å². The van der Waals surface area contributed by atoms with Gasteiger partial charge < -0.3 is 9.84 Å². The Bertz CT molecular complexity index is 836. The van der Waals surface area contributed by atoms with E-state index in [0.717, 1.165) is 53.8 Å². The molecule has 0 spiro atoms. The van der Waals surface area contributed by atoms with Gasteiger partial charge in [-0.15, -0.1) is 11.8 Å². The van der Waals surface area contributed by atoms with E-state index in [1.54, 1.807) is 11.8 Å². The van der Waals surface area contributed by atoms with Gasteiger partial charge in [-0.05, 0) is 87.2 Å². The fraction of sp³-hybridized carbons (Fsp3) is 0.545. The lowest BCUT2D eigenvalue weighted by Gasteiger charge is -2.56. The molecule has 1 heterocycles. The van der Waals surface area contributed by atoms with Crippen LogP contribution >= 0.6 is 11.8 Å². The lowest BCUT2D eigenvalue weighted by atomic mass is 9.53. The second-order valence-electron chi connectivity index (χ2n) is 8.85. The van der Waals surface area contributed by atoms with E-state index in [2.05, 4.69) is 28.9 Å². The molecule has 4 saturated carbocycles. The summed E-state index contributed by atoms with van der Waals surface area (Å²) in [4.78, 5) is 14.4. The Hall–Kier alpha value is -1.75. The van der Waals surface area contributed by atoms with Crippen molar-refractivity contribution in [1.29, 1.82) is 0 Å². The fourth-order valence-electron chi connectivity index (χ4n) is 6.18. The molecule has 5 heteroatoms. The van der Waals surface area contributed by atoms with E-state index in [-0.39, 0.29) is 11.4 Å². The van der Waals surface area contributed by atoms with E-state index in [0.29, 0.717) is 5.76 Å². The molecule has 4 aliphatic carbocycles. The first-order valence-electron chi connectivity index (χ1n) is 9.98. The largest absolute Gasteiger partial charge is 0.350 e. The zero-order chi connectivity index (χ0) is 18.6. The van der Waals surface area contributed by atoms with Crippen LogP contribution in [0.15, 0.2) is 33.7 Å². The van der Waals surface area contributed by atoms with Gasteiger partial charge in [0, 0.05) is 10.4 Å². The molecule has 1 amide bonds. The number of nitrogens with zero attached hydrogens (tertiary/aromatic N) is 1. The average Bonchev–Trinajstić information content (AvgIpc) is 3.02. The van der Waals surface area contributed by atoms with Gasteiger partial charge in [0.2, 0.25) is 5.76 Å². The van der Waals surface area contributed by atoms with Crippen molar-refractivity contribution >= 4 is 17.7 Å². The molecule has 142 valence electrons. The highest BCUT2D eigenvalue weighted by molar-refractivity contribution is 7.98. The molecule has 2 aromatic rings. The Labute approximate surface area is 164 Å². The van der Waals surface area contributed by atoms with Crippen LogP contribution in [0.2, 0.25) is 0 Å². The van der Waals surface area contributed by atoms with Gasteiger partial charge in [-0.3, -0.25) is 4.79 Å². The molecule has 4 fully saturated rings. The predicted molar refractivity (Wildman–Crippen MR) is 107 cm³/mol. The minimum Gasteiger partial charge on any atom is -0.350 e. The van der Waals surface area contributed by atoms with Gasteiger partial charge in [0.1, 0.15) is 0 Å². The number of hydrogen-bond acceptors (Lipinski definition) is 4. The Morgan fingerprint density at radius 1 is 1.11 bits per heavy atom. The number of thioether (sulfide) groups is 1. The zero-order valence-electron chi connectivity index (χ0n) is 16.0. The number of benzene rings is 1. The number of amides is 1. The molecule has 0 unspecified atom stereocenters. The molecular formula is C22H26N2O2S. The van der Waals surface area contributed by atoms with E-state index in [9.17, 15) is 4.79 Å². The van der Waals surface area contributed by atoms with Gasteiger partial charge >= 0.3 is 0 Å². The van der Waals surface area contributed by atoms with E-state index >= 15 is 0 Å². The highest BCUT2D eigenvalue weighted by atomic mass is 32.2. The third-order valence-electron chi connectivity index (χ3n) is 6.86. The molecule has 0 saturated heterocycles. The first kappa shape index (κ1) is 17.4. The molecule has 1 aromatic heterocycles. The third kappa shape index (κ3) is 3.00. The molecule has 0 atom stereocenters. The number of nitrogens with one attached hydrogen (secondary N) is 1. The van der Waals surface area contributed by atoms with Crippen LogP contribution < -0.4 is 5.32 Å². The van der Waals surface area contributed by atoms with Crippen LogP contribution in [0.4, 0.5) is 0 Å². The highest BCUT2D eigenvalue weighted by Crippen LogP contribution is 2.55. The number of carbonyl (C=O) groups excluding carboxylic acids is 1. The monoisotopic (exact) mass is 382 g/mol. The van der Waals surface area contributed by atoms with Crippen molar-refractivity contribution in [3.63, 3.8) is 0 Å². The number of carbonyl (C=O) groups is 1. The second-order valence-corrected chi connectivity index (χ2v) is 9.73. The van der Waals surface area contributed by atoms with Gasteiger partial charge in [-0.2, -0.15) is 0 Å². The summed E-state index contributed by atoms with van der Waals surface area (Å²) in [7, 11) is 0. The Morgan fingerprint density at radius 2 is 1.70 bits per heavy atom. The summed E-state index contributed by atoms with van der Waals surface area (Å²) in [6.45, 7) is 1.91. The first-order chi connectivity index (χ1) is 13.0. The predicted octanol–water partition coefficient (Wildman–Crippen LogP) is 5.07. The molecule has 6 rings (SSSR count). The second kappa shape index (κ2) is 6.40. The van der Waals surface area contributed by atoms with Crippen molar-refractivity contribution in [2.45, 2.75) is 55.9 Å². The van der Waals surface area contributed by atoms with E-state index in [1.807, 2.05) is 19.1 Å². The van der Waals surface area contributed by atoms with Gasteiger partial charge in [-0.25, -0.2) is 0 Å². The molecule has 1 N–H and O–H groups in total. The quantitative estimate of drug-likeness (QED) is 0.750. The van der Waals surface area contributed by atoms with Crippen molar-refractivity contribution in [3.8, 4) is 11.1 Å². The number of hydrogen-bond donors (Lipinski definition) is 1. The topological polar surface area (TPSA) is 55.1 Å². The maximum absolute atomic E-state index is 13.2. The van der Waals surface area contributed by atoms with Crippen LogP contribution in [0.1, 0.15) is 54.8 Å². The summed E-state index contributed by atoms with van der Waals surface area (Å²) in [5, 5.41) is 7.52. The van der Waals surface area contributed by atoms with Crippen molar-refractivity contribution in [2.24, 2.45) is 17.8 Å². The molecule has 0 aliphatic heterocycles. The minimum absolute atomic E-state index is 0.0213. The van der Waals surface area contributed by atoms with Crippen LogP contribution in [0.25, 0.3) is 11.1 Å². The molecular weight excluding hydrogens is 356 g/mol. The summed E-state index contributed by atoms with van der Waals surface area (Å²) in [5.41, 5.74) is 2.56. The van der Waals surface area contributed by atoms with Crippen LogP contribution in [-0.2, 0) is 0 Å². The molecule has 27 heavy (non-hydrogen) atoms.